The van der Waals surface area contributed by atoms with Crippen molar-refractivity contribution in [2.45, 2.75) is 43.9 Å². The number of rotatable bonds is 6. The second-order valence-corrected chi connectivity index (χ2v) is 5.15. The third-order valence-corrected chi connectivity index (χ3v) is 3.75. The van der Waals surface area contributed by atoms with Crippen LogP contribution in [-0.4, -0.2) is 5.38 Å². The molecular formula is C14H19Cl. The first-order chi connectivity index (χ1) is 7.36. The van der Waals surface area contributed by atoms with Crippen LogP contribution in [-0.2, 0) is 6.42 Å². The maximum absolute atomic E-state index is 6.26. The maximum atomic E-state index is 6.26. The molecule has 1 aliphatic carbocycles. The van der Waals surface area contributed by atoms with Crippen LogP contribution >= 0.6 is 11.6 Å². The molecule has 1 unspecified atom stereocenters. The summed E-state index contributed by atoms with van der Waals surface area (Å²) in [6, 6.07) is 10.7. The van der Waals surface area contributed by atoms with Crippen LogP contribution in [0.3, 0.4) is 0 Å². The summed E-state index contributed by atoms with van der Waals surface area (Å²) in [7, 11) is 0. The van der Waals surface area contributed by atoms with Crippen molar-refractivity contribution < 1.29 is 0 Å². The Morgan fingerprint density at radius 2 is 1.87 bits per heavy atom. The first-order valence-electron chi connectivity index (χ1n) is 6.04. The Morgan fingerprint density at radius 1 is 1.13 bits per heavy atom. The van der Waals surface area contributed by atoms with Crippen LogP contribution < -0.4 is 0 Å². The Balaban J connectivity index is 1.58. The smallest absolute Gasteiger partial charge is 0.0364 e. The van der Waals surface area contributed by atoms with Crippen molar-refractivity contribution in [3.05, 3.63) is 35.9 Å². The summed E-state index contributed by atoms with van der Waals surface area (Å²) in [5, 5.41) is 0.459. The van der Waals surface area contributed by atoms with E-state index in [0.29, 0.717) is 5.38 Å². The normalized spacial score (nSPS) is 17.7. The summed E-state index contributed by atoms with van der Waals surface area (Å²) < 4.78 is 0. The molecule has 1 heteroatoms. The van der Waals surface area contributed by atoms with Gasteiger partial charge in [-0.15, -0.1) is 11.6 Å². The fraction of sp³-hybridized carbons (Fsp3) is 0.571. The molecule has 0 amide bonds. The molecule has 1 saturated carbocycles. The quantitative estimate of drug-likeness (QED) is 0.494. The first kappa shape index (κ1) is 11.0. The molecule has 0 aromatic heterocycles. The van der Waals surface area contributed by atoms with Gasteiger partial charge in [0, 0.05) is 5.38 Å². The number of halogens is 1. The molecule has 0 N–H and O–H groups in total. The SMILES string of the molecule is ClC(CCCCc1ccccc1)C1CC1. The molecule has 0 nitrogen and oxygen atoms in total. The predicted octanol–water partition coefficient (Wildman–Crippen LogP) is 4.42. The predicted molar refractivity (Wildman–Crippen MR) is 66.4 cm³/mol. The van der Waals surface area contributed by atoms with E-state index in [1.807, 2.05) is 0 Å². The fourth-order valence-electron chi connectivity index (χ4n) is 2.01. The van der Waals surface area contributed by atoms with Crippen LogP contribution in [0.25, 0.3) is 0 Å². The van der Waals surface area contributed by atoms with Gasteiger partial charge in [0.2, 0.25) is 0 Å². The highest BCUT2D eigenvalue weighted by Gasteiger charge is 2.28. The lowest BCUT2D eigenvalue weighted by Gasteiger charge is -2.07. The van der Waals surface area contributed by atoms with E-state index in [4.69, 9.17) is 11.6 Å². The lowest BCUT2D eigenvalue weighted by atomic mass is 10.1. The van der Waals surface area contributed by atoms with Crippen molar-refractivity contribution in [3.8, 4) is 0 Å². The van der Waals surface area contributed by atoms with E-state index in [-0.39, 0.29) is 0 Å². The topological polar surface area (TPSA) is 0 Å². The molecule has 1 aromatic carbocycles. The van der Waals surface area contributed by atoms with Gasteiger partial charge < -0.3 is 0 Å². The van der Waals surface area contributed by atoms with Crippen LogP contribution in [0.2, 0.25) is 0 Å². The minimum Gasteiger partial charge on any atom is -0.123 e. The highest BCUT2D eigenvalue weighted by Crippen LogP contribution is 2.37. The second-order valence-electron chi connectivity index (χ2n) is 4.58. The highest BCUT2D eigenvalue weighted by molar-refractivity contribution is 6.20. The van der Waals surface area contributed by atoms with Crippen LogP contribution in [0.1, 0.15) is 37.7 Å². The maximum Gasteiger partial charge on any atom is 0.0364 e. The zero-order chi connectivity index (χ0) is 10.5. The molecule has 2 rings (SSSR count). The molecule has 82 valence electrons. The van der Waals surface area contributed by atoms with Crippen molar-refractivity contribution in [2.75, 3.05) is 0 Å². The molecule has 1 fully saturated rings. The van der Waals surface area contributed by atoms with Gasteiger partial charge in [-0.2, -0.15) is 0 Å². The third-order valence-electron chi connectivity index (χ3n) is 3.17. The van der Waals surface area contributed by atoms with Crippen LogP contribution in [0, 0.1) is 5.92 Å². The molecule has 1 aromatic rings. The van der Waals surface area contributed by atoms with E-state index in [0.717, 1.165) is 5.92 Å². The van der Waals surface area contributed by atoms with E-state index >= 15 is 0 Å². The molecule has 1 aliphatic rings. The number of alkyl halides is 1. The molecule has 0 bridgehead atoms. The zero-order valence-corrected chi connectivity index (χ0v) is 9.92. The number of benzene rings is 1. The van der Waals surface area contributed by atoms with Gasteiger partial charge in [0.05, 0.1) is 0 Å². The highest BCUT2D eigenvalue weighted by atomic mass is 35.5. The molecular weight excluding hydrogens is 204 g/mol. The minimum absolute atomic E-state index is 0.459. The van der Waals surface area contributed by atoms with Crippen molar-refractivity contribution >= 4 is 11.6 Å². The molecule has 0 radical (unpaired) electrons. The van der Waals surface area contributed by atoms with Crippen LogP contribution in [0.5, 0.6) is 0 Å². The Morgan fingerprint density at radius 3 is 2.53 bits per heavy atom. The van der Waals surface area contributed by atoms with E-state index in [9.17, 15) is 0 Å². The minimum atomic E-state index is 0.459. The van der Waals surface area contributed by atoms with Crippen molar-refractivity contribution in [2.24, 2.45) is 5.92 Å². The van der Waals surface area contributed by atoms with Gasteiger partial charge in [0.15, 0.2) is 0 Å². The standard InChI is InChI=1S/C14H19Cl/c15-14(13-10-11-13)9-5-4-8-12-6-2-1-3-7-12/h1-3,6-7,13-14H,4-5,8-11H2. The van der Waals surface area contributed by atoms with Gasteiger partial charge in [-0.3, -0.25) is 0 Å². The van der Waals surface area contributed by atoms with E-state index < -0.39 is 0 Å². The van der Waals surface area contributed by atoms with E-state index in [1.54, 1.807) is 0 Å². The summed E-state index contributed by atoms with van der Waals surface area (Å²) in [4.78, 5) is 0. The monoisotopic (exact) mass is 222 g/mol. The molecule has 1 atom stereocenters. The number of aryl methyl sites for hydroxylation is 1. The van der Waals surface area contributed by atoms with Crippen LogP contribution in [0.15, 0.2) is 30.3 Å². The van der Waals surface area contributed by atoms with Gasteiger partial charge in [0.1, 0.15) is 0 Å². The summed E-state index contributed by atoms with van der Waals surface area (Å²) in [6.07, 6.45) is 7.70. The van der Waals surface area contributed by atoms with Gasteiger partial charge in [-0.1, -0.05) is 36.8 Å². The van der Waals surface area contributed by atoms with Crippen molar-refractivity contribution in [1.29, 1.82) is 0 Å². The Bertz CT molecular complexity index is 277. The Labute approximate surface area is 97.6 Å². The first-order valence-corrected chi connectivity index (χ1v) is 6.48. The summed E-state index contributed by atoms with van der Waals surface area (Å²) >= 11 is 6.26. The number of unbranched alkanes of at least 4 members (excludes halogenated alkanes) is 1. The van der Waals surface area contributed by atoms with Gasteiger partial charge in [-0.25, -0.2) is 0 Å². The molecule has 0 heterocycles. The fourth-order valence-corrected chi connectivity index (χ4v) is 2.41. The molecule has 15 heavy (non-hydrogen) atoms. The Hall–Kier alpha value is -0.490. The summed E-state index contributed by atoms with van der Waals surface area (Å²) in [5.41, 5.74) is 1.45. The van der Waals surface area contributed by atoms with Crippen molar-refractivity contribution in [1.82, 2.24) is 0 Å². The lowest BCUT2D eigenvalue weighted by Crippen LogP contribution is -2.00. The molecule has 0 spiro atoms. The van der Waals surface area contributed by atoms with Gasteiger partial charge in [0.25, 0.3) is 0 Å². The zero-order valence-electron chi connectivity index (χ0n) is 9.16. The summed E-state index contributed by atoms with van der Waals surface area (Å²) in [5.74, 6) is 0.850. The largest absolute Gasteiger partial charge is 0.123 e. The second kappa shape index (κ2) is 5.55. The molecule has 0 saturated heterocycles. The summed E-state index contributed by atoms with van der Waals surface area (Å²) in [6.45, 7) is 0. The Kier molecular flexibility index (Phi) is 4.08. The van der Waals surface area contributed by atoms with E-state index in [1.165, 1.54) is 44.1 Å². The van der Waals surface area contributed by atoms with Gasteiger partial charge in [-0.05, 0) is 43.6 Å². The van der Waals surface area contributed by atoms with Crippen LogP contribution in [0.4, 0.5) is 0 Å². The average molecular weight is 223 g/mol. The number of hydrogen-bond acceptors (Lipinski definition) is 0. The third kappa shape index (κ3) is 3.87. The molecule has 0 aliphatic heterocycles. The van der Waals surface area contributed by atoms with Crippen molar-refractivity contribution in [3.63, 3.8) is 0 Å². The average Bonchev–Trinajstić information content (AvgIpc) is 3.09. The van der Waals surface area contributed by atoms with Gasteiger partial charge >= 0.3 is 0 Å². The number of hydrogen-bond donors (Lipinski definition) is 0. The lowest BCUT2D eigenvalue weighted by molar-refractivity contribution is 0.610. The van der Waals surface area contributed by atoms with E-state index in [2.05, 4.69) is 30.3 Å².